The van der Waals surface area contributed by atoms with Gasteiger partial charge in [0.05, 0.1) is 0 Å². The second-order valence-electron chi connectivity index (χ2n) is 5.26. The lowest BCUT2D eigenvalue weighted by Gasteiger charge is -2.37. The Morgan fingerprint density at radius 3 is 2.82 bits per heavy atom. The first-order valence-electron chi connectivity index (χ1n) is 6.77. The van der Waals surface area contributed by atoms with Gasteiger partial charge in [0.15, 0.2) is 0 Å². The molecule has 3 N–H and O–H groups in total. The molecular weight excluding hydrogens is 208 g/mol. The van der Waals surface area contributed by atoms with Crippen LogP contribution in [0.4, 0.5) is 0 Å². The van der Waals surface area contributed by atoms with Gasteiger partial charge in [-0.05, 0) is 30.9 Å². The number of nitrogens with one attached hydrogen (secondary N) is 1. The Morgan fingerprint density at radius 1 is 1.35 bits per heavy atom. The van der Waals surface area contributed by atoms with E-state index in [0.717, 1.165) is 13.0 Å². The number of aryl methyl sites for hydroxylation is 1. The maximum atomic E-state index is 6.11. The highest BCUT2D eigenvalue weighted by atomic mass is 15.0. The molecule has 2 rings (SSSR count). The fraction of sp³-hybridized carbons (Fsp3) is 0.600. The molecule has 1 heterocycles. The van der Waals surface area contributed by atoms with Crippen LogP contribution in [0.5, 0.6) is 0 Å². The van der Waals surface area contributed by atoms with Crippen LogP contribution in [0.3, 0.4) is 0 Å². The van der Waals surface area contributed by atoms with Gasteiger partial charge in [-0.3, -0.25) is 0 Å². The summed E-state index contributed by atoms with van der Waals surface area (Å²) in [5.41, 5.74) is 8.99. The summed E-state index contributed by atoms with van der Waals surface area (Å²) in [6.07, 6.45) is 3.59. The molecule has 0 saturated carbocycles. The molecule has 1 aliphatic rings. The molecule has 17 heavy (non-hydrogen) atoms. The summed E-state index contributed by atoms with van der Waals surface area (Å²) >= 11 is 0. The molecule has 0 spiro atoms. The van der Waals surface area contributed by atoms with Crippen LogP contribution in [0.15, 0.2) is 24.3 Å². The fourth-order valence-electron chi connectivity index (χ4n) is 2.98. The minimum atomic E-state index is 0.299. The van der Waals surface area contributed by atoms with Crippen LogP contribution < -0.4 is 11.1 Å². The monoisotopic (exact) mass is 232 g/mol. The Balaban J connectivity index is 2.22. The van der Waals surface area contributed by atoms with Crippen LogP contribution in [0.1, 0.15) is 43.2 Å². The van der Waals surface area contributed by atoms with Crippen molar-refractivity contribution in [3.63, 3.8) is 0 Å². The van der Waals surface area contributed by atoms with Crippen LogP contribution in [0.25, 0.3) is 0 Å². The molecule has 0 amide bonds. The quantitative estimate of drug-likeness (QED) is 0.840. The van der Waals surface area contributed by atoms with Gasteiger partial charge in [0.2, 0.25) is 0 Å². The number of piperidine rings is 1. The smallest absolute Gasteiger partial charge is 0.0171 e. The van der Waals surface area contributed by atoms with Crippen molar-refractivity contribution in [2.75, 3.05) is 6.54 Å². The molecule has 0 aliphatic carbocycles. The molecule has 1 saturated heterocycles. The first-order chi connectivity index (χ1) is 8.22. The Labute approximate surface area is 105 Å². The SMILES string of the molecule is CCCC1NCC(N)CC1c1ccccc1C. The number of hydrogen-bond acceptors (Lipinski definition) is 2. The highest BCUT2D eigenvalue weighted by Gasteiger charge is 2.29. The molecule has 3 unspecified atom stereocenters. The average Bonchev–Trinajstić information content (AvgIpc) is 2.32. The lowest BCUT2D eigenvalue weighted by molar-refractivity contribution is 0.305. The van der Waals surface area contributed by atoms with Gasteiger partial charge in [-0.2, -0.15) is 0 Å². The largest absolute Gasteiger partial charge is 0.327 e. The van der Waals surface area contributed by atoms with Crippen molar-refractivity contribution >= 4 is 0 Å². The molecule has 3 atom stereocenters. The standard InChI is InChI=1S/C15H24N2/c1-3-6-15-14(9-12(16)10-17-15)13-8-5-4-7-11(13)2/h4-5,7-8,12,14-15,17H,3,6,9-10,16H2,1-2H3. The molecule has 2 heteroatoms. The Hall–Kier alpha value is -0.860. The number of rotatable bonds is 3. The highest BCUT2D eigenvalue weighted by Crippen LogP contribution is 2.31. The second kappa shape index (κ2) is 5.65. The first-order valence-corrected chi connectivity index (χ1v) is 6.77. The normalized spacial score (nSPS) is 29.2. The summed E-state index contributed by atoms with van der Waals surface area (Å²) in [5, 5.41) is 3.62. The predicted octanol–water partition coefficient (Wildman–Crippen LogP) is 2.57. The maximum absolute atomic E-state index is 6.11. The van der Waals surface area contributed by atoms with Gasteiger partial charge in [-0.25, -0.2) is 0 Å². The lowest BCUT2D eigenvalue weighted by atomic mass is 9.79. The molecule has 94 valence electrons. The van der Waals surface area contributed by atoms with E-state index in [4.69, 9.17) is 5.73 Å². The van der Waals surface area contributed by atoms with Crippen LogP contribution in [-0.4, -0.2) is 18.6 Å². The van der Waals surface area contributed by atoms with Gasteiger partial charge >= 0.3 is 0 Å². The average molecular weight is 232 g/mol. The van der Waals surface area contributed by atoms with Crippen LogP contribution >= 0.6 is 0 Å². The lowest BCUT2D eigenvalue weighted by Crippen LogP contribution is -2.49. The van der Waals surface area contributed by atoms with Crippen molar-refractivity contribution < 1.29 is 0 Å². The molecule has 1 aliphatic heterocycles. The number of nitrogens with two attached hydrogens (primary N) is 1. The van der Waals surface area contributed by atoms with Crippen molar-refractivity contribution in [3.8, 4) is 0 Å². The number of benzene rings is 1. The molecular formula is C15H24N2. The van der Waals surface area contributed by atoms with Gasteiger partial charge in [0, 0.05) is 24.5 Å². The van der Waals surface area contributed by atoms with Crippen molar-refractivity contribution in [3.05, 3.63) is 35.4 Å². The van der Waals surface area contributed by atoms with Gasteiger partial charge in [0.1, 0.15) is 0 Å². The van der Waals surface area contributed by atoms with Crippen LogP contribution in [0.2, 0.25) is 0 Å². The van der Waals surface area contributed by atoms with Gasteiger partial charge < -0.3 is 11.1 Å². The summed E-state index contributed by atoms with van der Waals surface area (Å²) in [6, 6.07) is 9.63. The van der Waals surface area contributed by atoms with E-state index < -0.39 is 0 Å². The fourth-order valence-corrected chi connectivity index (χ4v) is 2.98. The molecule has 1 fully saturated rings. The molecule has 0 radical (unpaired) electrons. The van der Waals surface area contributed by atoms with Crippen molar-refractivity contribution in [2.24, 2.45) is 5.73 Å². The van der Waals surface area contributed by atoms with Gasteiger partial charge in [0.25, 0.3) is 0 Å². The molecule has 0 aromatic heterocycles. The topological polar surface area (TPSA) is 38.0 Å². The third-order valence-electron chi connectivity index (χ3n) is 3.87. The van der Waals surface area contributed by atoms with E-state index in [-0.39, 0.29) is 0 Å². The van der Waals surface area contributed by atoms with E-state index in [0.29, 0.717) is 18.0 Å². The summed E-state index contributed by atoms with van der Waals surface area (Å²) in [7, 11) is 0. The van der Waals surface area contributed by atoms with Gasteiger partial charge in [-0.1, -0.05) is 37.6 Å². The zero-order valence-electron chi connectivity index (χ0n) is 10.9. The van der Waals surface area contributed by atoms with E-state index in [9.17, 15) is 0 Å². The van der Waals surface area contributed by atoms with E-state index >= 15 is 0 Å². The molecule has 2 nitrogen and oxygen atoms in total. The Morgan fingerprint density at radius 2 is 2.12 bits per heavy atom. The Kier molecular flexibility index (Phi) is 4.19. The zero-order valence-corrected chi connectivity index (χ0v) is 10.9. The summed E-state index contributed by atoms with van der Waals surface area (Å²) in [4.78, 5) is 0. The summed E-state index contributed by atoms with van der Waals surface area (Å²) < 4.78 is 0. The first kappa shape index (κ1) is 12.6. The van der Waals surface area contributed by atoms with Gasteiger partial charge in [-0.15, -0.1) is 0 Å². The van der Waals surface area contributed by atoms with E-state index in [2.05, 4.69) is 43.4 Å². The molecule has 0 bridgehead atoms. The number of hydrogen-bond donors (Lipinski definition) is 2. The predicted molar refractivity (Wildman–Crippen MR) is 73.2 cm³/mol. The highest BCUT2D eigenvalue weighted by molar-refractivity contribution is 5.31. The van der Waals surface area contributed by atoms with Crippen molar-refractivity contribution in [2.45, 2.75) is 51.1 Å². The second-order valence-corrected chi connectivity index (χ2v) is 5.26. The van der Waals surface area contributed by atoms with Crippen LogP contribution in [0, 0.1) is 6.92 Å². The molecule has 1 aromatic carbocycles. The zero-order chi connectivity index (χ0) is 12.3. The third kappa shape index (κ3) is 2.88. The maximum Gasteiger partial charge on any atom is 0.0171 e. The Bertz CT molecular complexity index is 362. The van der Waals surface area contributed by atoms with Crippen molar-refractivity contribution in [1.29, 1.82) is 0 Å². The van der Waals surface area contributed by atoms with E-state index in [1.54, 1.807) is 0 Å². The summed E-state index contributed by atoms with van der Waals surface area (Å²) in [5.74, 6) is 0.583. The minimum absolute atomic E-state index is 0.299. The summed E-state index contributed by atoms with van der Waals surface area (Å²) in [6.45, 7) is 5.43. The molecule has 1 aromatic rings. The van der Waals surface area contributed by atoms with E-state index in [1.807, 2.05) is 0 Å². The van der Waals surface area contributed by atoms with Crippen molar-refractivity contribution in [1.82, 2.24) is 5.32 Å². The van der Waals surface area contributed by atoms with Crippen LogP contribution in [-0.2, 0) is 0 Å². The third-order valence-corrected chi connectivity index (χ3v) is 3.87. The minimum Gasteiger partial charge on any atom is -0.327 e. The van der Waals surface area contributed by atoms with E-state index in [1.165, 1.54) is 24.0 Å².